The molecule has 140 valence electrons. The fraction of sp³-hybridized carbons (Fsp3) is 0.238. The van der Waals surface area contributed by atoms with E-state index in [0.29, 0.717) is 23.4 Å². The molecule has 0 fully saturated rings. The third-order valence-corrected chi connectivity index (χ3v) is 5.01. The van der Waals surface area contributed by atoms with Crippen molar-refractivity contribution in [2.75, 3.05) is 5.32 Å². The molecule has 2 N–H and O–H groups in total. The lowest BCUT2D eigenvalue weighted by Crippen LogP contribution is -2.53. The topological polar surface area (TPSA) is 54.0 Å². The van der Waals surface area contributed by atoms with E-state index in [4.69, 9.17) is 11.6 Å². The van der Waals surface area contributed by atoms with E-state index < -0.39 is 11.5 Å². The van der Waals surface area contributed by atoms with Gasteiger partial charge in [0.25, 0.3) is 5.91 Å². The molecule has 0 saturated heterocycles. The quantitative estimate of drug-likeness (QED) is 0.559. The van der Waals surface area contributed by atoms with Crippen molar-refractivity contribution in [3.05, 3.63) is 71.3 Å². The Morgan fingerprint density at radius 3 is 2.63 bits per heavy atom. The molecular weight excluding hydrogens is 365 g/mol. The summed E-state index contributed by atoms with van der Waals surface area (Å²) >= 11 is 6.00. The van der Waals surface area contributed by atoms with E-state index in [1.54, 1.807) is 12.4 Å². The van der Waals surface area contributed by atoms with Crippen LogP contribution in [0.4, 0.5) is 10.1 Å². The van der Waals surface area contributed by atoms with Gasteiger partial charge in [-0.05, 0) is 36.4 Å². The van der Waals surface area contributed by atoms with Crippen LogP contribution in [0.2, 0.25) is 5.02 Å². The van der Waals surface area contributed by atoms with Crippen LogP contribution in [-0.2, 0) is 0 Å². The number of nitrogens with zero attached hydrogens (tertiary/aromatic N) is 1. The molecule has 1 aromatic heterocycles. The van der Waals surface area contributed by atoms with Crippen molar-refractivity contribution in [3.63, 3.8) is 0 Å². The first-order valence-corrected chi connectivity index (χ1v) is 9.24. The van der Waals surface area contributed by atoms with Crippen LogP contribution < -0.4 is 10.6 Å². The van der Waals surface area contributed by atoms with Crippen LogP contribution in [0.25, 0.3) is 10.8 Å². The molecule has 6 heteroatoms. The van der Waals surface area contributed by atoms with Gasteiger partial charge >= 0.3 is 0 Å². The molecular formula is C21H21ClFN3O. The van der Waals surface area contributed by atoms with Gasteiger partial charge in [-0.2, -0.15) is 0 Å². The summed E-state index contributed by atoms with van der Waals surface area (Å²) in [6.07, 6.45) is 4.38. The van der Waals surface area contributed by atoms with Gasteiger partial charge in [-0.1, -0.05) is 49.7 Å². The molecule has 0 aliphatic rings. The Kier molecular flexibility index (Phi) is 5.61. The number of pyridine rings is 1. The minimum absolute atomic E-state index is 0.252. The van der Waals surface area contributed by atoms with Gasteiger partial charge in [-0.15, -0.1) is 0 Å². The summed E-state index contributed by atoms with van der Waals surface area (Å²) in [5.74, 6) is -0.690. The van der Waals surface area contributed by atoms with Crippen LogP contribution >= 0.6 is 11.6 Å². The maximum atomic E-state index is 14.2. The molecule has 0 bridgehead atoms. The average Bonchev–Trinajstić information content (AvgIpc) is 2.69. The number of amides is 1. The number of carbonyl (C=O) groups is 1. The number of carbonyl (C=O) groups excluding carboxylic acids is 1. The van der Waals surface area contributed by atoms with Gasteiger partial charge < -0.3 is 10.6 Å². The molecule has 3 rings (SSSR count). The summed E-state index contributed by atoms with van der Waals surface area (Å²) in [6.45, 7) is 3.86. The smallest absolute Gasteiger partial charge is 0.255 e. The predicted octanol–water partition coefficient (Wildman–Crippen LogP) is 5.39. The fourth-order valence-electron chi connectivity index (χ4n) is 3.07. The van der Waals surface area contributed by atoms with E-state index in [9.17, 15) is 9.18 Å². The maximum absolute atomic E-state index is 14.2. The van der Waals surface area contributed by atoms with Gasteiger partial charge in [-0.25, -0.2) is 4.39 Å². The van der Waals surface area contributed by atoms with Crippen molar-refractivity contribution >= 4 is 34.0 Å². The summed E-state index contributed by atoms with van der Waals surface area (Å²) in [6, 6.07) is 11.9. The Bertz CT molecular complexity index is 967. The highest BCUT2D eigenvalue weighted by Crippen LogP contribution is 2.26. The number of halogens is 2. The number of benzene rings is 2. The Labute approximate surface area is 162 Å². The van der Waals surface area contributed by atoms with E-state index in [2.05, 4.69) is 15.6 Å². The molecule has 0 spiro atoms. The largest absolute Gasteiger partial charge is 0.360 e. The molecule has 0 radical (unpaired) electrons. The molecule has 0 aliphatic carbocycles. The van der Waals surface area contributed by atoms with Crippen molar-refractivity contribution in [1.82, 2.24) is 10.3 Å². The Morgan fingerprint density at radius 1 is 1.15 bits per heavy atom. The summed E-state index contributed by atoms with van der Waals surface area (Å²) in [4.78, 5) is 17.2. The average molecular weight is 386 g/mol. The van der Waals surface area contributed by atoms with Gasteiger partial charge in [0.15, 0.2) is 0 Å². The molecule has 1 amide bonds. The zero-order chi connectivity index (χ0) is 19.4. The van der Waals surface area contributed by atoms with Crippen molar-refractivity contribution < 1.29 is 9.18 Å². The molecule has 0 aliphatic heterocycles. The van der Waals surface area contributed by atoms with Crippen LogP contribution in [0.15, 0.2) is 54.9 Å². The second kappa shape index (κ2) is 7.92. The molecule has 27 heavy (non-hydrogen) atoms. The third kappa shape index (κ3) is 4.03. The Balaban J connectivity index is 1.93. The van der Waals surface area contributed by atoms with Gasteiger partial charge in [0.2, 0.25) is 0 Å². The molecule has 0 atom stereocenters. The van der Waals surface area contributed by atoms with Crippen LogP contribution in [0, 0.1) is 5.82 Å². The minimum Gasteiger partial charge on any atom is -0.360 e. The van der Waals surface area contributed by atoms with E-state index in [0.717, 1.165) is 10.8 Å². The van der Waals surface area contributed by atoms with Crippen molar-refractivity contribution in [1.29, 1.82) is 0 Å². The molecule has 0 unspecified atom stereocenters. The van der Waals surface area contributed by atoms with Crippen molar-refractivity contribution in [3.8, 4) is 0 Å². The number of nitrogens with one attached hydrogen (secondary N) is 2. The number of rotatable bonds is 6. The molecule has 1 heterocycles. The number of fused-ring (bicyclic) bond motifs is 1. The van der Waals surface area contributed by atoms with Gasteiger partial charge in [0.05, 0.1) is 11.3 Å². The summed E-state index contributed by atoms with van der Waals surface area (Å²) in [5.41, 5.74) is -0.0881. The number of aromatic nitrogens is 1. The first-order valence-electron chi connectivity index (χ1n) is 8.86. The molecule has 3 aromatic rings. The third-order valence-electron chi connectivity index (χ3n) is 4.78. The van der Waals surface area contributed by atoms with Crippen molar-refractivity contribution in [2.24, 2.45) is 0 Å². The fourth-order valence-corrected chi connectivity index (χ4v) is 3.24. The number of anilines is 1. The Morgan fingerprint density at radius 2 is 1.89 bits per heavy atom. The monoisotopic (exact) mass is 385 g/mol. The zero-order valence-corrected chi connectivity index (χ0v) is 16.0. The second-order valence-electron chi connectivity index (χ2n) is 6.40. The highest BCUT2D eigenvalue weighted by molar-refractivity contribution is 6.30. The van der Waals surface area contributed by atoms with Crippen LogP contribution in [0.3, 0.4) is 0 Å². The van der Waals surface area contributed by atoms with Crippen molar-refractivity contribution in [2.45, 2.75) is 32.4 Å². The SMILES string of the molecule is CCC(CC)(NC(=O)c1cncc2ccccc12)Nc1cc(Cl)ccc1F. The minimum atomic E-state index is -0.820. The van der Waals surface area contributed by atoms with E-state index >= 15 is 0 Å². The lowest BCUT2D eigenvalue weighted by Gasteiger charge is -2.35. The Hall–Kier alpha value is -2.66. The summed E-state index contributed by atoms with van der Waals surface area (Å²) in [5, 5.41) is 8.30. The predicted molar refractivity (Wildman–Crippen MR) is 108 cm³/mol. The first-order chi connectivity index (χ1) is 13.0. The van der Waals surface area contributed by atoms with Gasteiger partial charge in [0.1, 0.15) is 11.5 Å². The lowest BCUT2D eigenvalue weighted by molar-refractivity contribution is 0.0906. The van der Waals surface area contributed by atoms with E-state index in [-0.39, 0.29) is 11.6 Å². The lowest BCUT2D eigenvalue weighted by atomic mass is 10.0. The normalized spacial score (nSPS) is 11.4. The van der Waals surface area contributed by atoms with Crippen LogP contribution in [-0.4, -0.2) is 16.6 Å². The second-order valence-corrected chi connectivity index (χ2v) is 6.84. The molecule has 0 saturated carbocycles. The highest BCUT2D eigenvalue weighted by Gasteiger charge is 2.30. The summed E-state index contributed by atoms with van der Waals surface area (Å²) < 4.78 is 14.2. The first kappa shape index (κ1) is 19.1. The summed E-state index contributed by atoms with van der Waals surface area (Å²) in [7, 11) is 0. The molecule has 2 aromatic carbocycles. The van der Waals surface area contributed by atoms with Crippen LogP contribution in [0.1, 0.15) is 37.0 Å². The standard InChI is InChI=1S/C21H21ClFN3O/c1-3-21(4-2,25-19-11-15(22)9-10-18(19)23)26-20(27)17-13-24-12-14-7-5-6-8-16(14)17/h5-13,25H,3-4H2,1-2H3,(H,26,27). The number of hydrogen-bond acceptors (Lipinski definition) is 3. The zero-order valence-electron chi connectivity index (χ0n) is 15.2. The van der Waals surface area contributed by atoms with Crippen LogP contribution in [0.5, 0.6) is 0 Å². The maximum Gasteiger partial charge on any atom is 0.255 e. The number of hydrogen-bond donors (Lipinski definition) is 2. The highest BCUT2D eigenvalue weighted by atomic mass is 35.5. The van der Waals surface area contributed by atoms with E-state index in [1.165, 1.54) is 18.2 Å². The van der Waals surface area contributed by atoms with Gasteiger partial charge in [-0.3, -0.25) is 9.78 Å². The van der Waals surface area contributed by atoms with Gasteiger partial charge in [0, 0.05) is 22.8 Å². The molecule has 4 nitrogen and oxygen atoms in total. The van der Waals surface area contributed by atoms with E-state index in [1.807, 2.05) is 38.1 Å².